The molecule has 178 valence electrons. The number of rotatable bonds is 9. The average Bonchev–Trinajstić information content (AvgIpc) is 3.04. The molecule has 0 aliphatic carbocycles. The first kappa shape index (κ1) is 25.7. The standard InChI is InChI=1S/C23H23Cl2F3N2O2S/c1-14(2)21-22(33-19-9-16(24)8-17(25)10-19)30(13-23(26,27)28)20(29-21)12-32-11-15-4-6-18(31-3)7-5-15/h4-10,14H,11-13H2,1-3H3. The Morgan fingerprint density at radius 3 is 2.21 bits per heavy atom. The minimum Gasteiger partial charge on any atom is -0.497 e. The third-order valence-corrected chi connectivity index (χ3v) is 6.15. The molecule has 33 heavy (non-hydrogen) atoms. The SMILES string of the molecule is COc1ccc(COCc2nc(C(C)C)c(Sc3cc(Cl)cc(Cl)c3)n2CC(F)(F)F)cc1. The van der Waals surface area contributed by atoms with Crippen molar-refractivity contribution < 1.29 is 22.6 Å². The van der Waals surface area contributed by atoms with Crippen molar-refractivity contribution in [1.29, 1.82) is 0 Å². The van der Waals surface area contributed by atoms with Crippen LogP contribution in [0.5, 0.6) is 5.75 Å². The summed E-state index contributed by atoms with van der Waals surface area (Å²) in [4.78, 5) is 5.15. The van der Waals surface area contributed by atoms with E-state index >= 15 is 0 Å². The second-order valence-corrected chi connectivity index (χ2v) is 9.56. The van der Waals surface area contributed by atoms with Crippen LogP contribution in [-0.4, -0.2) is 22.8 Å². The maximum absolute atomic E-state index is 13.5. The van der Waals surface area contributed by atoms with Gasteiger partial charge < -0.3 is 14.0 Å². The molecule has 0 aliphatic rings. The number of benzene rings is 2. The fraction of sp³-hybridized carbons (Fsp3) is 0.348. The molecule has 0 atom stereocenters. The van der Waals surface area contributed by atoms with Crippen LogP contribution in [0, 0.1) is 0 Å². The highest BCUT2D eigenvalue weighted by Gasteiger charge is 2.32. The first-order valence-electron chi connectivity index (χ1n) is 10.1. The molecule has 0 fully saturated rings. The maximum atomic E-state index is 13.5. The van der Waals surface area contributed by atoms with E-state index in [0.717, 1.165) is 17.3 Å². The predicted octanol–water partition coefficient (Wildman–Crippen LogP) is 7.75. The molecule has 1 heterocycles. The molecule has 0 radical (unpaired) electrons. The second-order valence-electron chi connectivity index (χ2n) is 7.62. The minimum atomic E-state index is -4.43. The highest BCUT2D eigenvalue weighted by atomic mass is 35.5. The molecular weight excluding hydrogens is 496 g/mol. The molecular formula is C23H23Cl2F3N2O2S. The molecule has 0 aliphatic heterocycles. The van der Waals surface area contributed by atoms with E-state index in [4.69, 9.17) is 32.7 Å². The Balaban J connectivity index is 1.90. The Hall–Kier alpha value is -1.87. The molecule has 0 saturated carbocycles. The van der Waals surface area contributed by atoms with E-state index in [1.807, 2.05) is 26.0 Å². The lowest BCUT2D eigenvalue weighted by Gasteiger charge is -2.15. The Bertz CT molecular complexity index is 1070. The first-order valence-corrected chi connectivity index (χ1v) is 11.6. The van der Waals surface area contributed by atoms with Crippen LogP contribution in [0.15, 0.2) is 52.4 Å². The number of ether oxygens (including phenoxy) is 2. The summed E-state index contributed by atoms with van der Waals surface area (Å²) in [6.45, 7) is 2.75. The van der Waals surface area contributed by atoms with E-state index in [-0.39, 0.29) is 25.0 Å². The van der Waals surface area contributed by atoms with Gasteiger partial charge in [-0.2, -0.15) is 13.2 Å². The minimum absolute atomic E-state index is 0.0707. The van der Waals surface area contributed by atoms with Gasteiger partial charge in [0.2, 0.25) is 0 Å². The largest absolute Gasteiger partial charge is 0.497 e. The summed E-state index contributed by atoms with van der Waals surface area (Å²) in [6, 6.07) is 12.2. The van der Waals surface area contributed by atoms with Crippen LogP contribution >= 0.6 is 35.0 Å². The van der Waals surface area contributed by atoms with E-state index in [1.165, 1.54) is 4.57 Å². The van der Waals surface area contributed by atoms with Crippen LogP contribution in [0.4, 0.5) is 13.2 Å². The number of nitrogens with zero attached hydrogens (tertiary/aromatic N) is 2. The van der Waals surface area contributed by atoms with Gasteiger partial charge in [0.25, 0.3) is 0 Å². The van der Waals surface area contributed by atoms with Crippen molar-refractivity contribution in [1.82, 2.24) is 9.55 Å². The van der Waals surface area contributed by atoms with Crippen molar-refractivity contribution in [2.45, 2.75) is 55.6 Å². The lowest BCUT2D eigenvalue weighted by Crippen LogP contribution is -2.20. The summed E-state index contributed by atoms with van der Waals surface area (Å²) < 4.78 is 52.5. The second kappa shape index (κ2) is 11.0. The summed E-state index contributed by atoms with van der Waals surface area (Å²) in [7, 11) is 1.57. The van der Waals surface area contributed by atoms with Crippen LogP contribution in [0.1, 0.15) is 36.8 Å². The quantitative estimate of drug-likeness (QED) is 0.290. The summed E-state index contributed by atoms with van der Waals surface area (Å²) in [5.74, 6) is 0.820. The Labute approximate surface area is 205 Å². The number of hydrogen-bond acceptors (Lipinski definition) is 4. The molecule has 4 nitrogen and oxygen atoms in total. The van der Waals surface area contributed by atoms with E-state index in [2.05, 4.69) is 4.98 Å². The number of alkyl halides is 3. The lowest BCUT2D eigenvalue weighted by atomic mass is 10.1. The van der Waals surface area contributed by atoms with Crippen molar-refractivity contribution in [3.05, 3.63) is 69.6 Å². The van der Waals surface area contributed by atoms with Gasteiger partial charge >= 0.3 is 6.18 Å². The third kappa shape index (κ3) is 7.30. The number of halogens is 5. The van der Waals surface area contributed by atoms with Crippen LogP contribution in [0.2, 0.25) is 10.0 Å². The van der Waals surface area contributed by atoms with Crippen LogP contribution in [-0.2, 0) is 24.5 Å². The molecule has 0 amide bonds. The fourth-order valence-electron chi connectivity index (χ4n) is 3.12. The molecule has 3 rings (SSSR count). The predicted molar refractivity (Wildman–Crippen MR) is 124 cm³/mol. The van der Waals surface area contributed by atoms with Gasteiger partial charge in [-0.25, -0.2) is 4.98 Å². The summed E-state index contributed by atoms with van der Waals surface area (Å²) >= 11 is 13.3. The Kier molecular flexibility index (Phi) is 8.61. The van der Waals surface area contributed by atoms with Crippen molar-refractivity contribution in [2.24, 2.45) is 0 Å². The van der Waals surface area contributed by atoms with Gasteiger partial charge in [0, 0.05) is 14.9 Å². The van der Waals surface area contributed by atoms with Gasteiger partial charge in [0.15, 0.2) is 0 Å². The zero-order valence-corrected chi connectivity index (χ0v) is 20.6. The fourth-order valence-corrected chi connectivity index (χ4v) is 5.04. The van der Waals surface area contributed by atoms with Gasteiger partial charge in [-0.1, -0.05) is 60.9 Å². The molecule has 3 aromatic rings. The van der Waals surface area contributed by atoms with E-state index in [0.29, 0.717) is 31.4 Å². The highest BCUT2D eigenvalue weighted by Crippen LogP contribution is 2.38. The number of hydrogen-bond donors (Lipinski definition) is 0. The molecule has 0 spiro atoms. The van der Waals surface area contributed by atoms with Gasteiger partial charge in [-0.05, 0) is 41.8 Å². The van der Waals surface area contributed by atoms with Gasteiger partial charge in [-0.15, -0.1) is 0 Å². The zero-order valence-electron chi connectivity index (χ0n) is 18.2. The topological polar surface area (TPSA) is 36.3 Å². The molecule has 1 aromatic heterocycles. The van der Waals surface area contributed by atoms with Crippen molar-refractivity contribution in [3.63, 3.8) is 0 Å². The molecule has 0 unspecified atom stereocenters. The van der Waals surface area contributed by atoms with Gasteiger partial charge in [0.05, 0.1) is 19.4 Å². The molecule has 0 bridgehead atoms. The van der Waals surface area contributed by atoms with Gasteiger partial charge in [-0.3, -0.25) is 0 Å². The van der Waals surface area contributed by atoms with E-state index in [1.54, 1.807) is 37.4 Å². The first-order chi connectivity index (χ1) is 15.6. The Morgan fingerprint density at radius 2 is 1.67 bits per heavy atom. The van der Waals surface area contributed by atoms with Gasteiger partial charge in [0.1, 0.15) is 29.8 Å². The normalized spacial score (nSPS) is 11.9. The van der Waals surface area contributed by atoms with Crippen LogP contribution < -0.4 is 4.74 Å². The Morgan fingerprint density at radius 1 is 1.03 bits per heavy atom. The third-order valence-electron chi connectivity index (χ3n) is 4.62. The number of methoxy groups -OCH3 is 1. The zero-order chi connectivity index (χ0) is 24.2. The average molecular weight is 519 g/mol. The summed E-state index contributed by atoms with van der Waals surface area (Å²) in [5, 5.41) is 1.20. The van der Waals surface area contributed by atoms with E-state index < -0.39 is 12.7 Å². The molecule has 2 aromatic carbocycles. The summed E-state index contributed by atoms with van der Waals surface area (Å²) in [5.41, 5.74) is 1.43. The molecule has 0 N–H and O–H groups in total. The number of aromatic nitrogens is 2. The van der Waals surface area contributed by atoms with Crippen LogP contribution in [0.25, 0.3) is 0 Å². The number of imidazole rings is 1. The smallest absolute Gasteiger partial charge is 0.406 e. The molecule has 10 heteroatoms. The highest BCUT2D eigenvalue weighted by molar-refractivity contribution is 7.99. The summed E-state index contributed by atoms with van der Waals surface area (Å²) in [6.07, 6.45) is -4.43. The molecule has 0 saturated heterocycles. The van der Waals surface area contributed by atoms with Crippen LogP contribution in [0.3, 0.4) is 0 Å². The lowest BCUT2D eigenvalue weighted by molar-refractivity contribution is -0.142. The van der Waals surface area contributed by atoms with Crippen molar-refractivity contribution in [3.8, 4) is 5.75 Å². The maximum Gasteiger partial charge on any atom is 0.406 e. The van der Waals surface area contributed by atoms with E-state index in [9.17, 15) is 13.2 Å². The van der Waals surface area contributed by atoms with Crippen molar-refractivity contribution in [2.75, 3.05) is 7.11 Å². The van der Waals surface area contributed by atoms with Crippen molar-refractivity contribution >= 4 is 35.0 Å². The monoisotopic (exact) mass is 518 g/mol.